The summed E-state index contributed by atoms with van der Waals surface area (Å²) in [5.74, 6) is -0.345. The van der Waals surface area contributed by atoms with Gasteiger partial charge in [0.15, 0.2) is 0 Å². The van der Waals surface area contributed by atoms with E-state index in [4.69, 9.17) is 5.73 Å². The Morgan fingerprint density at radius 3 is 3.08 bits per heavy atom. The number of nitrogens with one attached hydrogen (secondary N) is 1. The van der Waals surface area contributed by atoms with Crippen LogP contribution in [0.3, 0.4) is 0 Å². The first kappa shape index (κ1) is 9.15. The van der Waals surface area contributed by atoms with Gasteiger partial charge in [-0.2, -0.15) is 0 Å². The zero-order valence-corrected chi connectivity index (χ0v) is 7.65. The molecule has 5 heteroatoms. The third-order valence-electron chi connectivity index (χ3n) is 1.27. The van der Waals surface area contributed by atoms with Crippen molar-refractivity contribution in [1.29, 1.82) is 0 Å². The van der Waals surface area contributed by atoms with Crippen LogP contribution in [-0.2, 0) is 11.3 Å². The summed E-state index contributed by atoms with van der Waals surface area (Å²) >= 11 is 1.60. The van der Waals surface area contributed by atoms with E-state index in [-0.39, 0.29) is 12.5 Å². The molecule has 0 aromatic carbocycles. The first-order valence-electron chi connectivity index (χ1n) is 3.58. The molecule has 0 radical (unpaired) electrons. The molecule has 0 unspecified atom stereocenters. The fourth-order valence-corrected chi connectivity index (χ4v) is 1.42. The molecule has 0 aliphatic heterocycles. The molecule has 0 fully saturated rings. The van der Waals surface area contributed by atoms with Crippen LogP contribution in [0.2, 0.25) is 0 Å². The van der Waals surface area contributed by atoms with E-state index in [0.717, 1.165) is 10.7 Å². The molecule has 4 nitrogen and oxygen atoms in total. The first-order valence-corrected chi connectivity index (χ1v) is 4.46. The fourth-order valence-electron chi connectivity index (χ4n) is 0.803. The third-order valence-corrected chi connectivity index (χ3v) is 2.09. The minimum atomic E-state index is -0.345. The highest BCUT2D eigenvalue weighted by atomic mass is 32.1. The molecule has 1 heterocycles. The Bertz CT molecular complexity index is 271. The normalized spacial score (nSPS) is 10.1. The van der Waals surface area contributed by atoms with Crippen molar-refractivity contribution in [2.24, 2.45) is 5.73 Å². The van der Waals surface area contributed by atoms with Gasteiger partial charge in [0.05, 0.1) is 17.2 Å². The van der Waals surface area contributed by atoms with E-state index in [0.29, 0.717) is 6.54 Å². The number of carbonyl (C=O) groups is 1. The maximum Gasteiger partial charge on any atom is 0.231 e. The van der Waals surface area contributed by atoms with Crippen molar-refractivity contribution in [3.05, 3.63) is 16.1 Å². The van der Waals surface area contributed by atoms with Gasteiger partial charge in [0.1, 0.15) is 0 Å². The lowest BCUT2D eigenvalue weighted by Crippen LogP contribution is -2.28. The highest BCUT2D eigenvalue weighted by Gasteiger charge is 1.98. The average Bonchev–Trinajstić information content (AvgIpc) is 2.35. The molecule has 0 bridgehead atoms. The Labute approximate surface area is 74.8 Å². The topological polar surface area (TPSA) is 68.0 Å². The van der Waals surface area contributed by atoms with E-state index in [1.165, 1.54) is 0 Å². The van der Waals surface area contributed by atoms with Gasteiger partial charge in [-0.3, -0.25) is 4.79 Å². The molecule has 0 aliphatic carbocycles. The minimum absolute atomic E-state index is 0.205. The minimum Gasteiger partial charge on any atom is -0.369 e. The van der Waals surface area contributed by atoms with Gasteiger partial charge in [0, 0.05) is 11.9 Å². The molecule has 66 valence electrons. The molecule has 3 N–H and O–H groups in total. The lowest BCUT2D eigenvalue weighted by atomic mass is 10.4. The Balaban J connectivity index is 2.29. The van der Waals surface area contributed by atoms with Gasteiger partial charge in [-0.25, -0.2) is 4.98 Å². The summed E-state index contributed by atoms with van der Waals surface area (Å²) in [6, 6.07) is 0. The van der Waals surface area contributed by atoms with Crippen LogP contribution in [0.25, 0.3) is 0 Å². The van der Waals surface area contributed by atoms with Crippen molar-refractivity contribution in [2.75, 3.05) is 6.54 Å². The van der Waals surface area contributed by atoms with Crippen molar-refractivity contribution in [3.8, 4) is 0 Å². The Hall–Kier alpha value is -0.940. The molecular formula is C7H11N3OS. The number of hydrogen-bond acceptors (Lipinski definition) is 4. The lowest BCUT2D eigenvalue weighted by molar-refractivity contribution is -0.117. The largest absolute Gasteiger partial charge is 0.369 e. The molecule has 0 saturated carbocycles. The van der Waals surface area contributed by atoms with Gasteiger partial charge in [0.2, 0.25) is 5.91 Å². The van der Waals surface area contributed by atoms with Gasteiger partial charge < -0.3 is 11.1 Å². The number of amides is 1. The van der Waals surface area contributed by atoms with Crippen molar-refractivity contribution in [2.45, 2.75) is 13.5 Å². The SMILES string of the molecule is Cc1nc(CNCC(N)=O)cs1. The van der Waals surface area contributed by atoms with Gasteiger partial charge >= 0.3 is 0 Å². The van der Waals surface area contributed by atoms with Gasteiger partial charge in [-0.05, 0) is 6.92 Å². The average molecular weight is 185 g/mol. The van der Waals surface area contributed by atoms with Crippen LogP contribution in [0.15, 0.2) is 5.38 Å². The molecular weight excluding hydrogens is 174 g/mol. The summed E-state index contributed by atoms with van der Waals surface area (Å²) < 4.78 is 0. The van der Waals surface area contributed by atoms with Crippen LogP contribution in [0.4, 0.5) is 0 Å². The van der Waals surface area contributed by atoms with Crippen LogP contribution >= 0.6 is 11.3 Å². The zero-order valence-electron chi connectivity index (χ0n) is 6.83. The monoisotopic (exact) mass is 185 g/mol. The summed E-state index contributed by atoms with van der Waals surface area (Å²) in [5, 5.41) is 5.88. The summed E-state index contributed by atoms with van der Waals surface area (Å²) in [4.78, 5) is 14.5. The fraction of sp³-hybridized carbons (Fsp3) is 0.429. The lowest BCUT2D eigenvalue weighted by Gasteiger charge is -1.96. The Morgan fingerprint density at radius 2 is 2.58 bits per heavy atom. The Morgan fingerprint density at radius 1 is 1.83 bits per heavy atom. The number of rotatable bonds is 4. The maximum absolute atomic E-state index is 10.3. The molecule has 0 spiro atoms. The highest BCUT2D eigenvalue weighted by molar-refractivity contribution is 7.09. The number of thiazole rings is 1. The van der Waals surface area contributed by atoms with E-state index in [1.807, 2.05) is 12.3 Å². The van der Waals surface area contributed by atoms with Gasteiger partial charge in [0.25, 0.3) is 0 Å². The number of aryl methyl sites for hydroxylation is 1. The second-order valence-corrected chi connectivity index (χ2v) is 3.49. The quantitative estimate of drug-likeness (QED) is 0.695. The number of primary amides is 1. The smallest absolute Gasteiger partial charge is 0.231 e. The number of aromatic nitrogens is 1. The molecule has 12 heavy (non-hydrogen) atoms. The molecule has 1 aromatic rings. The van der Waals surface area contributed by atoms with Crippen LogP contribution in [0, 0.1) is 6.92 Å². The molecule has 0 atom stereocenters. The molecule has 1 rings (SSSR count). The molecule has 0 aliphatic rings. The number of nitrogens with zero attached hydrogens (tertiary/aromatic N) is 1. The van der Waals surface area contributed by atoms with E-state index in [1.54, 1.807) is 11.3 Å². The molecule has 0 saturated heterocycles. The predicted molar refractivity (Wildman–Crippen MR) is 47.8 cm³/mol. The van der Waals surface area contributed by atoms with Crippen LogP contribution in [-0.4, -0.2) is 17.4 Å². The van der Waals surface area contributed by atoms with E-state index >= 15 is 0 Å². The zero-order chi connectivity index (χ0) is 8.97. The van der Waals surface area contributed by atoms with Crippen molar-refractivity contribution < 1.29 is 4.79 Å². The predicted octanol–water partition coefficient (Wildman–Crippen LogP) is 0.0264. The van der Waals surface area contributed by atoms with E-state index in [2.05, 4.69) is 10.3 Å². The van der Waals surface area contributed by atoms with Crippen molar-refractivity contribution >= 4 is 17.2 Å². The summed E-state index contributed by atoms with van der Waals surface area (Å²) in [7, 11) is 0. The first-order chi connectivity index (χ1) is 5.68. The molecule has 1 amide bonds. The van der Waals surface area contributed by atoms with Crippen LogP contribution in [0.5, 0.6) is 0 Å². The number of carbonyl (C=O) groups excluding carboxylic acids is 1. The van der Waals surface area contributed by atoms with Crippen molar-refractivity contribution in [3.63, 3.8) is 0 Å². The number of hydrogen-bond donors (Lipinski definition) is 2. The van der Waals surface area contributed by atoms with E-state index in [9.17, 15) is 4.79 Å². The summed E-state index contributed by atoms with van der Waals surface area (Å²) in [6.07, 6.45) is 0. The van der Waals surface area contributed by atoms with Gasteiger partial charge in [-0.1, -0.05) is 0 Å². The second-order valence-electron chi connectivity index (χ2n) is 2.43. The van der Waals surface area contributed by atoms with E-state index < -0.39 is 0 Å². The summed E-state index contributed by atoms with van der Waals surface area (Å²) in [5.41, 5.74) is 5.90. The number of nitrogens with two attached hydrogens (primary N) is 1. The molecule has 1 aromatic heterocycles. The van der Waals surface area contributed by atoms with Crippen molar-refractivity contribution in [1.82, 2.24) is 10.3 Å². The van der Waals surface area contributed by atoms with Gasteiger partial charge in [-0.15, -0.1) is 11.3 Å². The van der Waals surface area contributed by atoms with Crippen LogP contribution < -0.4 is 11.1 Å². The summed E-state index contributed by atoms with van der Waals surface area (Å²) in [6.45, 7) is 2.76. The third kappa shape index (κ3) is 2.98. The standard InChI is InChI=1S/C7H11N3OS/c1-5-10-6(4-12-5)2-9-3-7(8)11/h4,9H,2-3H2,1H3,(H2,8,11). The second kappa shape index (κ2) is 4.18. The highest BCUT2D eigenvalue weighted by Crippen LogP contribution is 2.06. The maximum atomic E-state index is 10.3. The van der Waals surface area contributed by atoms with Crippen LogP contribution in [0.1, 0.15) is 10.7 Å². The Kier molecular flexibility index (Phi) is 3.19.